The summed E-state index contributed by atoms with van der Waals surface area (Å²) in [5.74, 6) is 2.02. The third-order valence-electron chi connectivity index (χ3n) is 9.99. The van der Waals surface area contributed by atoms with Crippen molar-refractivity contribution < 1.29 is 4.74 Å². The van der Waals surface area contributed by atoms with Crippen LogP contribution in [0.15, 0.2) is 60.0 Å². The smallest absolute Gasteiger partial charge is 0.0974 e. The molecule has 1 aromatic carbocycles. The van der Waals surface area contributed by atoms with Crippen LogP contribution >= 0.6 is 0 Å². The third kappa shape index (κ3) is 2.35. The molecule has 2 aromatic rings. The second-order valence-electron chi connectivity index (χ2n) is 11.5. The molecule has 7 rings (SSSR count). The molecule has 160 valence electrons. The molecule has 0 amide bonds. The van der Waals surface area contributed by atoms with Gasteiger partial charge in [0.1, 0.15) is 0 Å². The van der Waals surface area contributed by atoms with Crippen LogP contribution in [0, 0.1) is 17.3 Å². The van der Waals surface area contributed by atoms with E-state index in [4.69, 9.17) is 4.74 Å². The van der Waals surface area contributed by atoms with Crippen molar-refractivity contribution in [1.82, 2.24) is 4.98 Å². The molecule has 2 spiro atoms. The zero-order valence-corrected chi connectivity index (χ0v) is 18.9. The Bertz CT molecular complexity index is 1150. The van der Waals surface area contributed by atoms with Gasteiger partial charge < -0.3 is 4.74 Å². The highest BCUT2D eigenvalue weighted by Crippen LogP contribution is 2.69. The van der Waals surface area contributed by atoms with Crippen LogP contribution in [0.2, 0.25) is 0 Å². The molecule has 3 unspecified atom stereocenters. The highest BCUT2D eigenvalue weighted by Gasteiger charge is 2.66. The van der Waals surface area contributed by atoms with Crippen LogP contribution < -0.4 is 0 Å². The SMILES string of the molecule is CC1CCC2=CC3=CCC4(C)C(c5ccc6ccncc6c5)CC[C@H]4[C@@]34CC[C@]2(C1)O4. The number of aromatic nitrogens is 1. The Morgan fingerprint density at radius 2 is 2.00 bits per heavy atom. The monoisotopic (exact) mass is 411 g/mol. The van der Waals surface area contributed by atoms with Gasteiger partial charge in [-0.3, -0.25) is 4.98 Å². The van der Waals surface area contributed by atoms with Crippen LogP contribution in [0.3, 0.4) is 0 Å². The van der Waals surface area contributed by atoms with Crippen LogP contribution in [-0.4, -0.2) is 16.2 Å². The van der Waals surface area contributed by atoms with Crippen molar-refractivity contribution in [3.8, 4) is 0 Å². The van der Waals surface area contributed by atoms with E-state index in [1.807, 2.05) is 12.4 Å². The Labute approximate surface area is 185 Å². The molecule has 1 saturated heterocycles. The number of hydrogen-bond acceptors (Lipinski definition) is 2. The molecule has 6 atom stereocenters. The Morgan fingerprint density at radius 1 is 1.06 bits per heavy atom. The zero-order chi connectivity index (χ0) is 20.8. The highest BCUT2D eigenvalue weighted by atomic mass is 16.5. The summed E-state index contributed by atoms with van der Waals surface area (Å²) in [6, 6.07) is 9.22. The van der Waals surface area contributed by atoms with Crippen LogP contribution in [0.25, 0.3) is 10.8 Å². The zero-order valence-electron chi connectivity index (χ0n) is 18.9. The van der Waals surface area contributed by atoms with Crippen molar-refractivity contribution in [1.29, 1.82) is 0 Å². The predicted octanol–water partition coefficient (Wildman–Crippen LogP) is 7.11. The third-order valence-corrected chi connectivity index (χ3v) is 9.99. The molecule has 3 heterocycles. The summed E-state index contributed by atoms with van der Waals surface area (Å²) in [5, 5.41) is 2.56. The normalized spacial score (nSPS) is 43.1. The molecule has 5 aliphatic rings. The fourth-order valence-corrected chi connectivity index (χ4v) is 8.51. The molecular formula is C29H33NO. The first kappa shape index (κ1) is 18.6. The predicted molar refractivity (Wildman–Crippen MR) is 125 cm³/mol. The molecular weight excluding hydrogens is 378 g/mol. The van der Waals surface area contributed by atoms with Crippen LogP contribution in [0.4, 0.5) is 0 Å². The van der Waals surface area contributed by atoms with Crippen LogP contribution in [-0.2, 0) is 4.74 Å². The number of pyridine rings is 1. The number of ether oxygens (including phenoxy) is 1. The highest BCUT2D eigenvalue weighted by molar-refractivity contribution is 5.82. The van der Waals surface area contributed by atoms with Crippen LogP contribution in [0.1, 0.15) is 76.7 Å². The van der Waals surface area contributed by atoms with Gasteiger partial charge in [-0.1, -0.05) is 38.1 Å². The first-order valence-electron chi connectivity index (χ1n) is 12.5. The fraction of sp³-hybridized carbons (Fsp3) is 0.552. The average molecular weight is 412 g/mol. The molecule has 3 fully saturated rings. The maximum atomic E-state index is 7.34. The summed E-state index contributed by atoms with van der Waals surface area (Å²) < 4.78 is 7.34. The second kappa shape index (κ2) is 6.10. The maximum Gasteiger partial charge on any atom is 0.0974 e. The molecule has 0 N–H and O–H groups in total. The van der Waals surface area contributed by atoms with Gasteiger partial charge in [-0.05, 0) is 109 Å². The summed E-state index contributed by atoms with van der Waals surface area (Å²) in [4.78, 5) is 4.37. The van der Waals surface area contributed by atoms with E-state index in [2.05, 4.69) is 55.2 Å². The average Bonchev–Trinajstić information content (AvgIpc) is 3.28. The number of benzene rings is 1. The van der Waals surface area contributed by atoms with Gasteiger partial charge in [0.2, 0.25) is 0 Å². The van der Waals surface area contributed by atoms with E-state index in [0.717, 1.165) is 5.92 Å². The van der Waals surface area contributed by atoms with Crippen molar-refractivity contribution in [3.05, 3.63) is 65.5 Å². The van der Waals surface area contributed by atoms with Gasteiger partial charge in [0.15, 0.2) is 0 Å². The standard InChI is InChI=1S/C29H33NO/c1-19-3-6-23-16-24-9-11-27(2)25(21-5-4-20-10-14-30-18-22(20)15-21)7-8-26(27)29(24)13-12-28(23,17-19)31-29/h4-5,9-10,14-16,18-19,25-26H,3,6-8,11-13,17H2,1-2H3/t19?,25?,26-,27?,28-,29-/m1/s1. The van der Waals surface area contributed by atoms with E-state index in [0.29, 0.717) is 11.8 Å². The minimum atomic E-state index is -0.0271. The molecule has 2 bridgehead atoms. The molecule has 2 nitrogen and oxygen atoms in total. The number of rotatable bonds is 1. The first-order valence-corrected chi connectivity index (χ1v) is 12.5. The van der Waals surface area contributed by atoms with Crippen molar-refractivity contribution in [3.63, 3.8) is 0 Å². The molecule has 2 heteroatoms. The van der Waals surface area contributed by atoms with Crippen LogP contribution in [0.5, 0.6) is 0 Å². The summed E-state index contributed by atoms with van der Waals surface area (Å²) in [6.07, 6.45) is 19.1. The first-order chi connectivity index (χ1) is 15.0. The molecule has 1 aromatic heterocycles. The lowest BCUT2D eigenvalue weighted by Gasteiger charge is -2.54. The summed E-state index contributed by atoms with van der Waals surface area (Å²) in [6.45, 7) is 5.00. The van der Waals surface area contributed by atoms with Gasteiger partial charge >= 0.3 is 0 Å². The van der Waals surface area contributed by atoms with Gasteiger partial charge in [-0.15, -0.1) is 0 Å². The summed E-state index contributed by atoms with van der Waals surface area (Å²) >= 11 is 0. The van der Waals surface area contributed by atoms with Gasteiger partial charge in [0.25, 0.3) is 0 Å². The Kier molecular flexibility index (Phi) is 3.66. The van der Waals surface area contributed by atoms with Gasteiger partial charge in [-0.25, -0.2) is 0 Å². The quantitative estimate of drug-likeness (QED) is 0.499. The van der Waals surface area contributed by atoms with Gasteiger partial charge in [-0.2, -0.15) is 0 Å². The lowest BCUT2D eigenvalue weighted by atomic mass is 9.58. The molecule has 2 aliphatic heterocycles. The summed E-state index contributed by atoms with van der Waals surface area (Å²) in [5.41, 5.74) is 4.96. The van der Waals surface area contributed by atoms with E-state index in [1.165, 1.54) is 73.3 Å². The Hall–Kier alpha value is -1.93. The van der Waals surface area contributed by atoms with E-state index in [9.17, 15) is 0 Å². The van der Waals surface area contributed by atoms with Crippen molar-refractivity contribution >= 4 is 10.8 Å². The molecule has 2 saturated carbocycles. The number of hydrogen-bond donors (Lipinski definition) is 0. The Balaban J connectivity index is 1.31. The van der Waals surface area contributed by atoms with Gasteiger partial charge in [0.05, 0.1) is 11.2 Å². The van der Waals surface area contributed by atoms with Crippen molar-refractivity contribution in [2.24, 2.45) is 17.3 Å². The number of allylic oxidation sites excluding steroid dienone is 1. The summed E-state index contributed by atoms with van der Waals surface area (Å²) in [7, 11) is 0. The van der Waals surface area contributed by atoms with Gasteiger partial charge in [0, 0.05) is 17.8 Å². The molecule has 0 radical (unpaired) electrons. The van der Waals surface area contributed by atoms with E-state index >= 15 is 0 Å². The molecule has 3 aliphatic carbocycles. The Morgan fingerprint density at radius 3 is 2.94 bits per heavy atom. The topological polar surface area (TPSA) is 22.1 Å². The lowest BCUT2D eigenvalue weighted by molar-refractivity contribution is -0.138. The van der Waals surface area contributed by atoms with E-state index in [-0.39, 0.29) is 16.6 Å². The van der Waals surface area contributed by atoms with Crippen molar-refractivity contribution in [2.75, 3.05) is 0 Å². The minimum Gasteiger partial charge on any atom is -0.359 e. The fourth-order valence-electron chi connectivity index (χ4n) is 8.51. The number of fused-ring (bicyclic) bond motifs is 2. The largest absolute Gasteiger partial charge is 0.359 e. The van der Waals surface area contributed by atoms with E-state index in [1.54, 1.807) is 5.57 Å². The second-order valence-corrected chi connectivity index (χ2v) is 11.5. The van der Waals surface area contributed by atoms with Crippen molar-refractivity contribution in [2.45, 2.75) is 82.3 Å². The lowest BCUT2D eigenvalue weighted by Crippen LogP contribution is -2.53. The molecule has 31 heavy (non-hydrogen) atoms. The maximum absolute atomic E-state index is 7.34. The number of nitrogens with zero attached hydrogens (tertiary/aromatic N) is 1. The van der Waals surface area contributed by atoms with E-state index < -0.39 is 0 Å². The minimum absolute atomic E-state index is 0.0271.